The third kappa shape index (κ3) is 4.36. The Morgan fingerprint density at radius 1 is 1.00 bits per heavy atom. The Hall–Kier alpha value is -2.33. The topological polar surface area (TPSA) is 32.8 Å². The lowest BCUT2D eigenvalue weighted by Gasteiger charge is -2.34. The van der Waals surface area contributed by atoms with Crippen LogP contribution in [0.15, 0.2) is 54.6 Å². The van der Waals surface area contributed by atoms with Gasteiger partial charge in [-0.05, 0) is 31.2 Å². The number of piperazine rings is 1. The fourth-order valence-corrected chi connectivity index (χ4v) is 2.94. The van der Waals surface area contributed by atoms with Gasteiger partial charge in [0.1, 0.15) is 12.4 Å². The molecule has 4 nitrogen and oxygen atoms in total. The van der Waals surface area contributed by atoms with Gasteiger partial charge in [0.05, 0.1) is 0 Å². The van der Waals surface area contributed by atoms with Crippen LogP contribution in [0.2, 0.25) is 0 Å². The van der Waals surface area contributed by atoms with E-state index in [-0.39, 0.29) is 5.91 Å². The summed E-state index contributed by atoms with van der Waals surface area (Å²) < 4.78 is 5.74. The second-order valence-electron chi connectivity index (χ2n) is 6.16. The minimum Gasteiger partial charge on any atom is -0.492 e. The van der Waals surface area contributed by atoms with Crippen LogP contribution in [0.4, 0.5) is 0 Å². The van der Waals surface area contributed by atoms with Gasteiger partial charge in [-0.25, -0.2) is 0 Å². The molecular formula is C20H24N2O2. The predicted molar refractivity (Wildman–Crippen MR) is 95.5 cm³/mol. The minimum absolute atomic E-state index is 0.138. The summed E-state index contributed by atoms with van der Waals surface area (Å²) in [4.78, 5) is 16.8. The normalized spacial score (nSPS) is 15.3. The van der Waals surface area contributed by atoms with Gasteiger partial charge < -0.3 is 9.64 Å². The first-order valence-electron chi connectivity index (χ1n) is 8.48. The molecule has 2 aromatic rings. The fraction of sp³-hybridized carbons (Fsp3) is 0.350. The first-order chi connectivity index (χ1) is 11.7. The number of nitrogens with zero attached hydrogens (tertiary/aromatic N) is 2. The summed E-state index contributed by atoms with van der Waals surface area (Å²) in [7, 11) is 0. The summed E-state index contributed by atoms with van der Waals surface area (Å²) in [5.41, 5.74) is 1.91. The lowest BCUT2D eigenvalue weighted by atomic mass is 10.1. The highest BCUT2D eigenvalue weighted by Gasteiger charge is 2.21. The van der Waals surface area contributed by atoms with Crippen LogP contribution in [0, 0.1) is 6.92 Å². The maximum atomic E-state index is 12.5. The van der Waals surface area contributed by atoms with Crippen molar-refractivity contribution in [2.24, 2.45) is 0 Å². The molecule has 0 saturated carbocycles. The zero-order valence-electron chi connectivity index (χ0n) is 14.1. The highest BCUT2D eigenvalue weighted by molar-refractivity contribution is 5.94. The van der Waals surface area contributed by atoms with Crippen LogP contribution < -0.4 is 4.74 Å². The molecule has 1 aliphatic rings. The molecule has 0 atom stereocenters. The molecule has 0 unspecified atom stereocenters. The first-order valence-corrected chi connectivity index (χ1v) is 8.48. The fourth-order valence-electron chi connectivity index (χ4n) is 2.94. The molecule has 1 saturated heterocycles. The molecule has 1 aliphatic heterocycles. The average Bonchev–Trinajstić information content (AvgIpc) is 2.63. The van der Waals surface area contributed by atoms with E-state index < -0.39 is 0 Å². The number of carbonyl (C=O) groups is 1. The first kappa shape index (κ1) is 16.5. The highest BCUT2D eigenvalue weighted by Crippen LogP contribution is 2.11. The van der Waals surface area contributed by atoms with Gasteiger partial charge in [-0.3, -0.25) is 9.69 Å². The van der Waals surface area contributed by atoms with E-state index in [4.69, 9.17) is 4.74 Å². The Morgan fingerprint density at radius 3 is 2.46 bits per heavy atom. The van der Waals surface area contributed by atoms with Gasteiger partial charge in [-0.2, -0.15) is 0 Å². The summed E-state index contributed by atoms with van der Waals surface area (Å²) in [6.07, 6.45) is 0. The number of para-hydroxylation sites is 1. The van der Waals surface area contributed by atoms with Crippen LogP contribution in [-0.2, 0) is 0 Å². The van der Waals surface area contributed by atoms with Crippen LogP contribution >= 0.6 is 0 Å². The van der Waals surface area contributed by atoms with E-state index in [2.05, 4.69) is 4.90 Å². The second kappa shape index (κ2) is 7.97. The quantitative estimate of drug-likeness (QED) is 0.848. The van der Waals surface area contributed by atoms with Crippen molar-refractivity contribution in [3.8, 4) is 5.75 Å². The zero-order valence-corrected chi connectivity index (χ0v) is 14.1. The molecule has 0 aromatic heterocycles. The van der Waals surface area contributed by atoms with E-state index >= 15 is 0 Å². The number of benzene rings is 2. The minimum atomic E-state index is 0.138. The van der Waals surface area contributed by atoms with Crippen LogP contribution in [0.1, 0.15) is 15.9 Å². The van der Waals surface area contributed by atoms with Crippen molar-refractivity contribution in [3.63, 3.8) is 0 Å². The smallest absolute Gasteiger partial charge is 0.253 e. The van der Waals surface area contributed by atoms with Crippen LogP contribution in [0.25, 0.3) is 0 Å². The van der Waals surface area contributed by atoms with Gasteiger partial charge >= 0.3 is 0 Å². The number of ether oxygens (including phenoxy) is 1. The van der Waals surface area contributed by atoms with Gasteiger partial charge in [-0.15, -0.1) is 0 Å². The van der Waals surface area contributed by atoms with E-state index in [0.717, 1.165) is 49.6 Å². The second-order valence-corrected chi connectivity index (χ2v) is 6.16. The number of carbonyl (C=O) groups excluding carboxylic acids is 1. The third-order valence-corrected chi connectivity index (χ3v) is 4.34. The molecule has 4 heteroatoms. The van der Waals surface area contributed by atoms with Crippen molar-refractivity contribution >= 4 is 5.91 Å². The molecule has 0 bridgehead atoms. The number of amides is 1. The summed E-state index contributed by atoms with van der Waals surface area (Å²) in [5, 5.41) is 0. The molecule has 0 aliphatic carbocycles. The SMILES string of the molecule is Cc1cccc(C(=O)N2CCN(CCOc3ccccc3)CC2)c1. The summed E-state index contributed by atoms with van der Waals surface area (Å²) in [6.45, 7) is 6.93. The Morgan fingerprint density at radius 2 is 1.75 bits per heavy atom. The van der Waals surface area contributed by atoms with Gasteiger partial charge in [0.2, 0.25) is 0 Å². The van der Waals surface area contributed by atoms with Crippen molar-refractivity contribution in [1.82, 2.24) is 9.80 Å². The van der Waals surface area contributed by atoms with Crippen molar-refractivity contribution in [2.75, 3.05) is 39.3 Å². The van der Waals surface area contributed by atoms with Crippen LogP contribution in [0.5, 0.6) is 5.75 Å². The zero-order chi connectivity index (χ0) is 16.8. The molecule has 1 amide bonds. The lowest BCUT2D eigenvalue weighted by Crippen LogP contribution is -2.49. The monoisotopic (exact) mass is 324 g/mol. The van der Waals surface area contributed by atoms with Crippen molar-refractivity contribution in [2.45, 2.75) is 6.92 Å². The number of hydrogen-bond acceptors (Lipinski definition) is 3. The summed E-state index contributed by atoms with van der Waals surface area (Å²) in [6, 6.07) is 17.7. The van der Waals surface area contributed by atoms with Crippen molar-refractivity contribution in [3.05, 3.63) is 65.7 Å². The van der Waals surface area contributed by atoms with Crippen LogP contribution in [0.3, 0.4) is 0 Å². The largest absolute Gasteiger partial charge is 0.492 e. The van der Waals surface area contributed by atoms with E-state index in [1.165, 1.54) is 0 Å². The Kier molecular flexibility index (Phi) is 5.49. The van der Waals surface area contributed by atoms with E-state index in [9.17, 15) is 4.79 Å². The average molecular weight is 324 g/mol. The van der Waals surface area contributed by atoms with E-state index in [1.807, 2.05) is 66.4 Å². The van der Waals surface area contributed by atoms with Crippen molar-refractivity contribution in [1.29, 1.82) is 0 Å². The maximum Gasteiger partial charge on any atom is 0.253 e. The maximum absolute atomic E-state index is 12.5. The molecule has 126 valence electrons. The molecule has 0 N–H and O–H groups in total. The van der Waals surface area contributed by atoms with Gasteiger partial charge in [0, 0.05) is 38.3 Å². The Labute approximate surface area is 143 Å². The number of aryl methyl sites for hydroxylation is 1. The highest BCUT2D eigenvalue weighted by atomic mass is 16.5. The molecule has 0 radical (unpaired) electrons. The van der Waals surface area contributed by atoms with Gasteiger partial charge in [0.15, 0.2) is 0 Å². The Balaban J connectivity index is 1.43. The van der Waals surface area contributed by atoms with E-state index in [1.54, 1.807) is 0 Å². The number of rotatable bonds is 5. The summed E-state index contributed by atoms with van der Waals surface area (Å²) in [5.74, 6) is 1.05. The van der Waals surface area contributed by atoms with E-state index in [0.29, 0.717) is 6.61 Å². The van der Waals surface area contributed by atoms with Gasteiger partial charge in [-0.1, -0.05) is 35.9 Å². The Bertz CT molecular complexity index is 664. The molecule has 0 spiro atoms. The van der Waals surface area contributed by atoms with Crippen molar-refractivity contribution < 1.29 is 9.53 Å². The molecule has 3 rings (SSSR count). The molecule has 1 heterocycles. The third-order valence-electron chi connectivity index (χ3n) is 4.34. The number of hydrogen-bond donors (Lipinski definition) is 0. The molecule has 2 aromatic carbocycles. The molecule has 1 fully saturated rings. The van der Waals surface area contributed by atoms with Gasteiger partial charge in [0.25, 0.3) is 5.91 Å². The summed E-state index contributed by atoms with van der Waals surface area (Å²) >= 11 is 0. The molecular weight excluding hydrogens is 300 g/mol. The predicted octanol–water partition coefficient (Wildman–Crippen LogP) is 2.83. The molecule has 24 heavy (non-hydrogen) atoms. The lowest BCUT2D eigenvalue weighted by molar-refractivity contribution is 0.0620. The standard InChI is InChI=1S/C20H24N2O2/c1-17-6-5-7-18(16-17)20(23)22-12-10-21(11-13-22)14-15-24-19-8-3-2-4-9-19/h2-9,16H,10-15H2,1H3. The van der Waals surface area contributed by atoms with Crippen LogP contribution in [-0.4, -0.2) is 55.0 Å².